The molecule has 26 heavy (non-hydrogen) atoms. The third-order valence-corrected chi connectivity index (χ3v) is 4.29. The summed E-state index contributed by atoms with van der Waals surface area (Å²) in [7, 11) is 0. The van der Waals surface area contributed by atoms with Crippen LogP contribution in [0.1, 0.15) is 26.5 Å². The number of hydrogen-bond acceptors (Lipinski definition) is 3. The standard InChI is InChI=1S/C21H19FN4/c1-21(2,3)19-20(26-13-15(22)11-12-18(26)23-19)25-24-17-10-6-8-14-7-4-5-9-16(14)17/h4-13H,1-3H3. The number of azo groups is 1. The summed E-state index contributed by atoms with van der Waals surface area (Å²) in [5.41, 5.74) is 1.97. The van der Waals surface area contributed by atoms with Crippen molar-refractivity contribution in [2.45, 2.75) is 26.2 Å². The van der Waals surface area contributed by atoms with Crippen LogP contribution in [0.5, 0.6) is 0 Å². The Labute approximate surface area is 151 Å². The minimum Gasteiger partial charge on any atom is -0.280 e. The zero-order chi connectivity index (χ0) is 18.3. The summed E-state index contributed by atoms with van der Waals surface area (Å²) in [6.45, 7) is 6.17. The first-order valence-electron chi connectivity index (χ1n) is 8.51. The molecular formula is C21H19FN4. The molecule has 130 valence electrons. The van der Waals surface area contributed by atoms with Gasteiger partial charge in [-0.25, -0.2) is 9.37 Å². The lowest BCUT2D eigenvalue weighted by molar-refractivity contribution is 0.573. The molecule has 4 rings (SSSR count). The van der Waals surface area contributed by atoms with Crippen LogP contribution in [-0.2, 0) is 5.41 Å². The fraction of sp³-hybridized carbons (Fsp3) is 0.190. The molecule has 0 aliphatic heterocycles. The van der Waals surface area contributed by atoms with Gasteiger partial charge in [-0.3, -0.25) is 4.40 Å². The van der Waals surface area contributed by atoms with Gasteiger partial charge in [0.15, 0.2) is 5.82 Å². The van der Waals surface area contributed by atoms with E-state index in [1.807, 2.05) is 42.5 Å². The lowest BCUT2D eigenvalue weighted by atomic mass is 9.92. The molecule has 0 N–H and O–H groups in total. The van der Waals surface area contributed by atoms with E-state index in [1.54, 1.807) is 10.5 Å². The predicted octanol–water partition coefficient (Wildman–Crippen LogP) is 6.34. The normalized spacial score (nSPS) is 12.5. The van der Waals surface area contributed by atoms with Crippen LogP contribution in [0.2, 0.25) is 0 Å². The van der Waals surface area contributed by atoms with Crippen molar-refractivity contribution >= 4 is 27.9 Å². The van der Waals surface area contributed by atoms with E-state index in [-0.39, 0.29) is 11.2 Å². The van der Waals surface area contributed by atoms with Crippen molar-refractivity contribution in [2.24, 2.45) is 10.2 Å². The monoisotopic (exact) mass is 346 g/mol. The molecule has 0 saturated carbocycles. The molecule has 0 unspecified atom stereocenters. The van der Waals surface area contributed by atoms with Crippen molar-refractivity contribution in [1.29, 1.82) is 0 Å². The van der Waals surface area contributed by atoms with Gasteiger partial charge in [0.05, 0.1) is 11.4 Å². The average Bonchev–Trinajstić information content (AvgIpc) is 2.98. The third kappa shape index (κ3) is 2.86. The Bertz CT molecular complexity index is 1130. The van der Waals surface area contributed by atoms with Crippen molar-refractivity contribution in [2.75, 3.05) is 0 Å². The molecule has 2 heterocycles. The molecule has 0 aliphatic carbocycles. The summed E-state index contributed by atoms with van der Waals surface area (Å²) in [5.74, 6) is 0.219. The van der Waals surface area contributed by atoms with E-state index in [2.05, 4.69) is 36.0 Å². The zero-order valence-corrected chi connectivity index (χ0v) is 14.9. The highest BCUT2D eigenvalue weighted by molar-refractivity contribution is 5.92. The van der Waals surface area contributed by atoms with Gasteiger partial charge in [-0.1, -0.05) is 57.2 Å². The smallest absolute Gasteiger partial charge is 0.183 e. The van der Waals surface area contributed by atoms with Crippen molar-refractivity contribution in [1.82, 2.24) is 9.38 Å². The van der Waals surface area contributed by atoms with Gasteiger partial charge in [0.2, 0.25) is 0 Å². The fourth-order valence-electron chi connectivity index (χ4n) is 3.00. The van der Waals surface area contributed by atoms with E-state index < -0.39 is 0 Å². The van der Waals surface area contributed by atoms with Gasteiger partial charge in [0, 0.05) is 17.0 Å². The first kappa shape index (κ1) is 16.4. The van der Waals surface area contributed by atoms with Crippen LogP contribution in [-0.4, -0.2) is 9.38 Å². The summed E-state index contributed by atoms with van der Waals surface area (Å²) in [6, 6.07) is 17.0. The molecule has 0 radical (unpaired) electrons. The summed E-state index contributed by atoms with van der Waals surface area (Å²) in [5, 5.41) is 11.1. The number of hydrogen-bond donors (Lipinski definition) is 0. The predicted molar refractivity (Wildman–Crippen MR) is 102 cm³/mol. The molecule has 4 aromatic rings. The number of pyridine rings is 1. The maximum Gasteiger partial charge on any atom is 0.183 e. The Morgan fingerprint density at radius 3 is 2.50 bits per heavy atom. The number of rotatable bonds is 2. The highest BCUT2D eigenvalue weighted by Crippen LogP contribution is 2.34. The van der Waals surface area contributed by atoms with E-state index in [0.717, 1.165) is 22.2 Å². The van der Waals surface area contributed by atoms with Gasteiger partial charge in [0.25, 0.3) is 0 Å². The zero-order valence-electron chi connectivity index (χ0n) is 14.9. The van der Waals surface area contributed by atoms with Gasteiger partial charge in [-0.15, -0.1) is 10.2 Å². The lowest BCUT2D eigenvalue weighted by Gasteiger charge is -2.15. The summed E-state index contributed by atoms with van der Waals surface area (Å²) in [4.78, 5) is 4.64. The van der Waals surface area contributed by atoms with Crippen LogP contribution in [0.25, 0.3) is 16.4 Å². The van der Waals surface area contributed by atoms with Gasteiger partial charge in [-0.05, 0) is 23.6 Å². The van der Waals surface area contributed by atoms with Gasteiger partial charge in [-0.2, -0.15) is 0 Å². The van der Waals surface area contributed by atoms with E-state index in [0.29, 0.717) is 11.5 Å². The second-order valence-electron chi connectivity index (χ2n) is 7.31. The SMILES string of the molecule is CC(C)(C)c1nc2ccc(F)cn2c1N=Nc1cccc2ccccc12. The van der Waals surface area contributed by atoms with Crippen molar-refractivity contribution < 1.29 is 4.39 Å². The van der Waals surface area contributed by atoms with Crippen LogP contribution in [0.3, 0.4) is 0 Å². The van der Waals surface area contributed by atoms with Crippen LogP contribution >= 0.6 is 0 Å². The second-order valence-corrected chi connectivity index (χ2v) is 7.31. The van der Waals surface area contributed by atoms with Crippen LogP contribution in [0.4, 0.5) is 15.9 Å². The quantitative estimate of drug-likeness (QED) is 0.390. The molecule has 2 aromatic carbocycles. The number of halogens is 1. The van der Waals surface area contributed by atoms with Gasteiger partial charge in [0.1, 0.15) is 11.5 Å². The second kappa shape index (κ2) is 6.02. The molecule has 0 saturated heterocycles. The molecule has 0 atom stereocenters. The Morgan fingerprint density at radius 1 is 0.923 bits per heavy atom. The topological polar surface area (TPSA) is 42.0 Å². The minimum absolute atomic E-state index is 0.240. The molecule has 0 aliphatic rings. The van der Waals surface area contributed by atoms with Gasteiger partial charge < -0.3 is 0 Å². The molecule has 0 amide bonds. The van der Waals surface area contributed by atoms with E-state index >= 15 is 0 Å². The Balaban J connectivity index is 1.91. The molecule has 4 nitrogen and oxygen atoms in total. The Morgan fingerprint density at radius 2 is 1.69 bits per heavy atom. The highest BCUT2D eigenvalue weighted by atomic mass is 19.1. The summed E-state index contributed by atoms with van der Waals surface area (Å²) < 4.78 is 15.4. The largest absolute Gasteiger partial charge is 0.280 e. The molecule has 0 fully saturated rings. The molecule has 5 heteroatoms. The molecule has 0 spiro atoms. The van der Waals surface area contributed by atoms with Crippen LogP contribution < -0.4 is 0 Å². The van der Waals surface area contributed by atoms with Crippen molar-refractivity contribution in [3.8, 4) is 0 Å². The minimum atomic E-state index is -0.336. The van der Waals surface area contributed by atoms with Crippen LogP contribution in [0.15, 0.2) is 71.0 Å². The number of fused-ring (bicyclic) bond motifs is 2. The summed E-state index contributed by atoms with van der Waals surface area (Å²) >= 11 is 0. The lowest BCUT2D eigenvalue weighted by Crippen LogP contribution is -2.11. The maximum absolute atomic E-state index is 13.8. The average molecular weight is 346 g/mol. The Hall–Kier alpha value is -3.08. The van der Waals surface area contributed by atoms with E-state index in [1.165, 1.54) is 12.3 Å². The van der Waals surface area contributed by atoms with Crippen molar-refractivity contribution in [3.63, 3.8) is 0 Å². The number of benzene rings is 2. The number of imidazole rings is 1. The van der Waals surface area contributed by atoms with E-state index in [9.17, 15) is 4.39 Å². The Kier molecular flexibility index (Phi) is 3.80. The third-order valence-electron chi connectivity index (χ3n) is 4.29. The fourth-order valence-corrected chi connectivity index (χ4v) is 3.00. The first-order valence-corrected chi connectivity index (χ1v) is 8.51. The number of nitrogens with zero attached hydrogens (tertiary/aromatic N) is 4. The maximum atomic E-state index is 13.8. The van der Waals surface area contributed by atoms with Crippen LogP contribution in [0, 0.1) is 5.82 Å². The van der Waals surface area contributed by atoms with E-state index in [4.69, 9.17) is 0 Å². The first-order chi connectivity index (χ1) is 12.4. The molecule has 0 bridgehead atoms. The molecule has 2 aromatic heterocycles. The summed E-state index contributed by atoms with van der Waals surface area (Å²) in [6.07, 6.45) is 1.40. The number of aromatic nitrogens is 2. The highest BCUT2D eigenvalue weighted by Gasteiger charge is 2.24. The van der Waals surface area contributed by atoms with Crippen molar-refractivity contribution in [3.05, 3.63) is 72.3 Å². The molecular weight excluding hydrogens is 327 g/mol. The van der Waals surface area contributed by atoms with Gasteiger partial charge >= 0.3 is 0 Å².